The predicted molar refractivity (Wildman–Crippen MR) is 64.5 cm³/mol. The van der Waals surface area contributed by atoms with Crippen LogP contribution in [0.1, 0.15) is 58.3 Å². The second-order valence-electron chi connectivity index (χ2n) is 5.53. The lowest BCUT2D eigenvalue weighted by atomic mass is 9.71. The Morgan fingerprint density at radius 1 is 1.41 bits per heavy atom. The van der Waals surface area contributed by atoms with E-state index in [4.69, 9.17) is 4.74 Å². The minimum atomic E-state index is -0.0993. The van der Waals surface area contributed by atoms with Crippen LogP contribution in [0.15, 0.2) is 0 Å². The second-order valence-corrected chi connectivity index (χ2v) is 5.53. The molecule has 0 aromatic rings. The molecule has 2 saturated carbocycles. The van der Waals surface area contributed by atoms with E-state index >= 15 is 0 Å². The van der Waals surface area contributed by atoms with E-state index in [0.29, 0.717) is 24.7 Å². The van der Waals surface area contributed by atoms with Crippen LogP contribution >= 0.6 is 0 Å². The van der Waals surface area contributed by atoms with Crippen molar-refractivity contribution in [1.29, 1.82) is 0 Å². The van der Waals surface area contributed by atoms with Crippen molar-refractivity contribution >= 4 is 11.8 Å². The van der Waals surface area contributed by atoms with Gasteiger partial charge in [0.05, 0.1) is 6.61 Å². The fourth-order valence-corrected chi connectivity index (χ4v) is 3.50. The van der Waals surface area contributed by atoms with Gasteiger partial charge in [-0.1, -0.05) is 6.42 Å². The van der Waals surface area contributed by atoms with Crippen molar-refractivity contribution in [3.05, 3.63) is 0 Å². The molecule has 96 valence electrons. The van der Waals surface area contributed by atoms with Crippen LogP contribution in [0.25, 0.3) is 0 Å². The second kappa shape index (κ2) is 5.19. The molecule has 0 saturated heterocycles. The van der Waals surface area contributed by atoms with E-state index in [9.17, 15) is 9.59 Å². The third kappa shape index (κ3) is 2.70. The Labute approximate surface area is 103 Å². The van der Waals surface area contributed by atoms with Gasteiger partial charge in [0.15, 0.2) is 0 Å². The summed E-state index contributed by atoms with van der Waals surface area (Å²) in [4.78, 5) is 23.5. The third-order valence-corrected chi connectivity index (χ3v) is 4.37. The van der Waals surface area contributed by atoms with Gasteiger partial charge < -0.3 is 4.74 Å². The zero-order valence-electron chi connectivity index (χ0n) is 10.7. The Kier molecular flexibility index (Phi) is 3.85. The molecule has 0 N–H and O–H groups in total. The molecule has 2 atom stereocenters. The van der Waals surface area contributed by atoms with E-state index in [1.54, 1.807) is 0 Å². The quantitative estimate of drug-likeness (QED) is 0.710. The van der Waals surface area contributed by atoms with Crippen molar-refractivity contribution in [2.24, 2.45) is 11.3 Å². The molecule has 2 aliphatic carbocycles. The van der Waals surface area contributed by atoms with E-state index in [-0.39, 0.29) is 11.4 Å². The van der Waals surface area contributed by atoms with E-state index in [1.807, 2.05) is 6.92 Å². The van der Waals surface area contributed by atoms with E-state index in [0.717, 1.165) is 38.5 Å². The molecule has 2 aliphatic rings. The fourth-order valence-electron chi connectivity index (χ4n) is 3.50. The largest absolute Gasteiger partial charge is 0.466 e. The molecule has 3 heteroatoms. The highest BCUT2D eigenvalue weighted by Crippen LogP contribution is 2.50. The summed E-state index contributed by atoms with van der Waals surface area (Å²) in [7, 11) is 0. The lowest BCUT2D eigenvalue weighted by Gasteiger charge is -2.31. The number of carbonyl (C=O) groups excluding carboxylic acids is 2. The minimum absolute atomic E-state index is 0.0601. The average Bonchev–Trinajstić information content (AvgIpc) is 2.68. The zero-order valence-corrected chi connectivity index (χ0v) is 10.7. The normalized spacial score (nSPS) is 33.0. The number of hydrogen-bond donors (Lipinski definition) is 0. The third-order valence-electron chi connectivity index (χ3n) is 4.37. The number of ether oxygens (including phenoxy) is 1. The Bertz CT molecular complexity index is 311. The smallest absolute Gasteiger partial charge is 0.306 e. The first-order chi connectivity index (χ1) is 8.16. The van der Waals surface area contributed by atoms with Gasteiger partial charge in [0, 0.05) is 18.3 Å². The summed E-state index contributed by atoms with van der Waals surface area (Å²) in [5.41, 5.74) is -0.0601. The molecule has 1 spiro atoms. The molecular weight excluding hydrogens is 216 g/mol. The van der Waals surface area contributed by atoms with Gasteiger partial charge in [-0.15, -0.1) is 0 Å². The highest BCUT2D eigenvalue weighted by molar-refractivity contribution is 5.86. The van der Waals surface area contributed by atoms with Gasteiger partial charge in [-0.25, -0.2) is 0 Å². The van der Waals surface area contributed by atoms with Crippen LogP contribution in [0, 0.1) is 11.3 Å². The summed E-state index contributed by atoms with van der Waals surface area (Å²) in [6.45, 7) is 2.29. The lowest BCUT2D eigenvalue weighted by molar-refractivity contribution is -0.144. The Hall–Kier alpha value is -0.860. The van der Waals surface area contributed by atoms with Gasteiger partial charge in [0.2, 0.25) is 0 Å². The summed E-state index contributed by atoms with van der Waals surface area (Å²) in [5, 5.41) is 0. The maximum absolute atomic E-state index is 12.1. The highest BCUT2D eigenvalue weighted by atomic mass is 16.5. The standard InChI is InChI=1S/C14H22O3/c1-2-17-13(16)9-11-6-8-14(10-11)7-4-3-5-12(14)15/h11H,2-10H2,1H3/t11-,14-/m0/s1. The predicted octanol–water partition coefficient (Wildman–Crippen LogP) is 2.87. The molecule has 0 amide bonds. The molecule has 0 aromatic carbocycles. The number of hydrogen-bond acceptors (Lipinski definition) is 3. The van der Waals surface area contributed by atoms with Crippen molar-refractivity contribution < 1.29 is 14.3 Å². The molecule has 0 bridgehead atoms. The van der Waals surface area contributed by atoms with Crippen molar-refractivity contribution in [2.45, 2.75) is 58.3 Å². The number of esters is 1. The minimum Gasteiger partial charge on any atom is -0.466 e. The van der Waals surface area contributed by atoms with E-state index in [2.05, 4.69) is 0 Å². The first-order valence-corrected chi connectivity index (χ1v) is 6.85. The van der Waals surface area contributed by atoms with Crippen LogP contribution in [-0.4, -0.2) is 18.4 Å². The fraction of sp³-hybridized carbons (Fsp3) is 0.857. The average molecular weight is 238 g/mol. The lowest BCUT2D eigenvalue weighted by Crippen LogP contribution is -2.31. The maximum atomic E-state index is 12.1. The molecule has 0 radical (unpaired) electrons. The van der Waals surface area contributed by atoms with Crippen molar-refractivity contribution in [2.75, 3.05) is 6.61 Å². The highest BCUT2D eigenvalue weighted by Gasteiger charge is 2.45. The van der Waals surface area contributed by atoms with E-state index in [1.165, 1.54) is 6.42 Å². The van der Waals surface area contributed by atoms with Gasteiger partial charge in [-0.3, -0.25) is 9.59 Å². The molecule has 2 rings (SSSR count). The molecule has 17 heavy (non-hydrogen) atoms. The Balaban J connectivity index is 1.90. The number of ketones is 1. The van der Waals surface area contributed by atoms with E-state index < -0.39 is 0 Å². The monoisotopic (exact) mass is 238 g/mol. The SMILES string of the molecule is CCOC(=O)C[C@@H]1CC[C@@]2(CCCCC2=O)C1. The van der Waals surface area contributed by atoms with Crippen molar-refractivity contribution in [3.8, 4) is 0 Å². The van der Waals surface area contributed by atoms with Gasteiger partial charge in [-0.05, 0) is 44.9 Å². The topological polar surface area (TPSA) is 43.4 Å². The van der Waals surface area contributed by atoms with Crippen LogP contribution in [0.4, 0.5) is 0 Å². The molecular formula is C14H22O3. The first-order valence-electron chi connectivity index (χ1n) is 6.85. The van der Waals surface area contributed by atoms with Crippen molar-refractivity contribution in [1.82, 2.24) is 0 Å². The van der Waals surface area contributed by atoms with Crippen LogP contribution in [0.3, 0.4) is 0 Å². The number of Topliss-reactive ketones (excluding diaryl/α,β-unsaturated/α-hetero) is 1. The van der Waals surface area contributed by atoms with Gasteiger partial charge in [0.1, 0.15) is 5.78 Å². The zero-order chi connectivity index (χ0) is 12.3. The Morgan fingerprint density at radius 2 is 2.24 bits per heavy atom. The molecule has 0 unspecified atom stereocenters. The summed E-state index contributed by atoms with van der Waals surface area (Å²) in [5.74, 6) is 0.726. The molecule has 0 heterocycles. The first kappa shape index (κ1) is 12.6. The molecule has 2 fully saturated rings. The van der Waals surface area contributed by atoms with Gasteiger partial charge in [-0.2, -0.15) is 0 Å². The van der Waals surface area contributed by atoms with Crippen LogP contribution < -0.4 is 0 Å². The van der Waals surface area contributed by atoms with Gasteiger partial charge in [0.25, 0.3) is 0 Å². The number of carbonyl (C=O) groups is 2. The summed E-state index contributed by atoms with van der Waals surface area (Å²) in [6, 6.07) is 0. The molecule has 3 nitrogen and oxygen atoms in total. The van der Waals surface area contributed by atoms with Crippen LogP contribution in [0.2, 0.25) is 0 Å². The summed E-state index contributed by atoms with van der Waals surface area (Å²) in [6.07, 6.45) is 7.48. The van der Waals surface area contributed by atoms with Crippen LogP contribution in [0.5, 0.6) is 0 Å². The maximum Gasteiger partial charge on any atom is 0.306 e. The number of rotatable bonds is 3. The summed E-state index contributed by atoms with van der Waals surface area (Å²) < 4.78 is 4.98. The van der Waals surface area contributed by atoms with Crippen LogP contribution in [-0.2, 0) is 14.3 Å². The van der Waals surface area contributed by atoms with Crippen molar-refractivity contribution in [3.63, 3.8) is 0 Å². The molecule has 0 aliphatic heterocycles. The summed E-state index contributed by atoms with van der Waals surface area (Å²) >= 11 is 0. The Morgan fingerprint density at radius 3 is 2.94 bits per heavy atom. The molecule has 0 aromatic heterocycles. The van der Waals surface area contributed by atoms with Gasteiger partial charge >= 0.3 is 5.97 Å².